The Balaban J connectivity index is -0.000000316. The fourth-order valence-corrected chi connectivity index (χ4v) is 21.3. The molecule has 2 aliphatic heterocycles. The summed E-state index contributed by atoms with van der Waals surface area (Å²) in [6.45, 7) is 32.2. The summed E-state index contributed by atoms with van der Waals surface area (Å²) in [6.07, 6.45) is 5.11. The van der Waals surface area contributed by atoms with Gasteiger partial charge in [0.2, 0.25) is 0 Å². The number of nitrogens with one attached hydrogen (secondary N) is 2. The molecule has 0 spiro atoms. The van der Waals surface area contributed by atoms with E-state index < -0.39 is 32.9 Å². The summed E-state index contributed by atoms with van der Waals surface area (Å²) in [7, 11) is -3.92. The second kappa shape index (κ2) is 17.7. The van der Waals surface area contributed by atoms with Crippen LogP contribution in [0, 0.1) is 0 Å². The minimum Gasteiger partial charge on any atom is -0.381 e. The monoisotopic (exact) mass is 604 g/mol. The van der Waals surface area contributed by atoms with E-state index in [9.17, 15) is 0 Å². The molecule has 2 heterocycles. The summed E-state index contributed by atoms with van der Waals surface area (Å²) >= 11 is 0. The average molecular weight is 604 g/mol. The number of hydrogen-bond acceptors (Lipinski definition) is 4. The van der Waals surface area contributed by atoms with Crippen LogP contribution in [0.2, 0.25) is 78.6 Å². The molecule has 2 radical (unpaired) electrons. The number of rotatable bonds is 4. The van der Waals surface area contributed by atoms with Gasteiger partial charge in [0.15, 0.2) is 0 Å². The van der Waals surface area contributed by atoms with E-state index in [2.05, 4.69) is 87.9 Å². The minimum absolute atomic E-state index is 0. The van der Waals surface area contributed by atoms with Crippen LogP contribution in [0.25, 0.3) is 0 Å². The smallest absolute Gasteiger partial charge is 0.109 e. The summed E-state index contributed by atoms with van der Waals surface area (Å²) in [5.41, 5.74) is 0. The molecule has 0 amide bonds. The molecule has 0 bridgehead atoms. The quantitative estimate of drug-likeness (QED) is 0.404. The van der Waals surface area contributed by atoms with Gasteiger partial charge in [-0.3, -0.25) is 0 Å². The molecule has 0 saturated carbocycles. The van der Waals surface area contributed by atoms with Gasteiger partial charge in [-0.1, -0.05) is 78.6 Å². The van der Waals surface area contributed by atoms with Crippen molar-refractivity contribution in [1.29, 1.82) is 0 Å². The van der Waals surface area contributed by atoms with Crippen molar-refractivity contribution in [3.63, 3.8) is 0 Å². The molecule has 2 aliphatic rings. The molecule has 2 N–H and O–H groups in total. The van der Waals surface area contributed by atoms with Crippen molar-refractivity contribution in [1.82, 2.24) is 9.30 Å². The van der Waals surface area contributed by atoms with Gasteiger partial charge < -0.3 is 18.8 Å². The van der Waals surface area contributed by atoms with E-state index in [0.29, 0.717) is 0 Å². The fourth-order valence-electron chi connectivity index (χ4n) is 3.27. The SMILES string of the molecule is C1CCOC1.C1CCOC1.C[Si](C)(C)N[Si](C)(C)C.C[Si](C)(C)N[Si](C)(C)C.[Ba]. The maximum Gasteiger partial charge on any atom is 0.109 e. The average Bonchev–Trinajstić information content (AvgIpc) is 3.11. The number of hydrogen-bond donors (Lipinski definition) is 2. The third kappa shape index (κ3) is 41.1. The van der Waals surface area contributed by atoms with Gasteiger partial charge in [-0.25, -0.2) is 0 Å². The van der Waals surface area contributed by atoms with Gasteiger partial charge in [-0.15, -0.1) is 0 Å². The second-order valence-corrected chi connectivity index (χ2v) is 31.9. The molecule has 2 rings (SSSR count). The van der Waals surface area contributed by atoms with Gasteiger partial charge in [0.25, 0.3) is 0 Å². The Hall–Kier alpha value is 2.28. The van der Waals surface area contributed by atoms with E-state index >= 15 is 0 Å². The van der Waals surface area contributed by atoms with E-state index in [1.807, 2.05) is 0 Å². The summed E-state index contributed by atoms with van der Waals surface area (Å²) in [4.78, 5) is 0. The molecule has 9 heteroatoms. The molecular formula is C20H54BaN2O2Si4. The molecule has 2 saturated heterocycles. The first-order chi connectivity index (χ1) is 12.4. The van der Waals surface area contributed by atoms with Gasteiger partial charge >= 0.3 is 0 Å². The molecule has 174 valence electrons. The zero-order valence-corrected chi connectivity index (χ0v) is 30.6. The van der Waals surface area contributed by atoms with Crippen molar-refractivity contribution >= 4 is 81.8 Å². The number of ether oxygens (including phenoxy) is 2. The van der Waals surface area contributed by atoms with Crippen molar-refractivity contribution in [2.24, 2.45) is 0 Å². The molecule has 0 unspecified atom stereocenters. The van der Waals surface area contributed by atoms with Crippen molar-refractivity contribution in [3.05, 3.63) is 0 Å². The molecule has 0 atom stereocenters. The molecule has 0 aromatic carbocycles. The topological polar surface area (TPSA) is 42.5 Å². The van der Waals surface area contributed by atoms with E-state index in [1.165, 1.54) is 25.7 Å². The molecular weight excluding hydrogens is 550 g/mol. The maximum absolute atomic E-state index is 4.94. The van der Waals surface area contributed by atoms with Crippen LogP contribution in [-0.2, 0) is 9.47 Å². The van der Waals surface area contributed by atoms with Gasteiger partial charge in [0, 0.05) is 75.3 Å². The maximum atomic E-state index is 4.94. The Labute approximate surface area is 228 Å². The van der Waals surface area contributed by atoms with Crippen molar-refractivity contribution in [3.8, 4) is 0 Å². The van der Waals surface area contributed by atoms with Crippen LogP contribution in [0.3, 0.4) is 0 Å². The van der Waals surface area contributed by atoms with Crippen LogP contribution in [0.15, 0.2) is 0 Å². The van der Waals surface area contributed by atoms with E-state index in [1.54, 1.807) is 0 Å². The van der Waals surface area contributed by atoms with Crippen LogP contribution in [0.5, 0.6) is 0 Å². The molecule has 2 fully saturated rings. The zero-order valence-electron chi connectivity index (χ0n) is 22.2. The summed E-state index contributed by atoms with van der Waals surface area (Å²) in [5.74, 6) is 0. The Morgan fingerprint density at radius 1 is 0.414 bits per heavy atom. The largest absolute Gasteiger partial charge is 0.381 e. The second-order valence-electron chi connectivity index (χ2n) is 11.9. The Kier molecular flexibility index (Phi) is 21.9. The predicted molar refractivity (Wildman–Crippen MR) is 146 cm³/mol. The first-order valence-corrected chi connectivity index (χ1v) is 25.2. The minimum atomic E-state index is -0.981. The Bertz CT molecular complexity index is 293. The van der Waals surface area contributed by atoms with Crippen molar-refractivity contribution < 1.29 is 9.47 Å². The van der Waals surface area contributed by atoms with E-state index in [-0.39, 0.29) is 48.9 Å². The molecule has 4 nitrogen and oxygen atoms in total. The fraction of sp³-hybridized carbons (Fsp3) is 1.00. The first kappa shape index (κ1) is 35.9. The molecule has 0 aromatic rings. The summed E-state index contributed by atoms with van der Waals surface area (Å²) in [5, 5.41) is 0. The standard InChI is InChI=1S/2C6H19NSi2.2C4H8O.Ba/c2*1-8(2,3)7-9(4,5)6;2*1-2-4-5-3-1;/h2*7H,1-6H3;2*1-4H2;. The van der Waals surface area contributed by atoms with Gasteiger partial charge in [0.1, 0.15) is 32.9 Å². The molecule has 0 aliphatic carbocycles. The van der Waals surface area contributed by atoms with Crippen LogP contribution in [-0.4, -0.2) is 108 Å². The summed E-state index contributed by atoms with van der Waals surface area (Å²) < 4.78 is 17.4. The normalized spacial score (nSPS) is 17.0. The summed E-state index contributed by atoms with van der Waals surface area (Å²) in [6, 6.07) is 0. The van der Waals surface area contributed by atoms with E-state index in [4.69, 9.17) is 9.47 Å². The molecule has 29 heavy (non-hydrogen) atoms. The van der Waals surface area contributed by atoms with E-state index in [0.717, 1.165) is 26.4 Å². The predicted octanol–water partition coefficient (Wildman–Crippen LogP) is 5.70. The van der Waals surface area contributed by atoms with Crippen molar-refractivity contribution in [2.75, 3.05) is 26.4 Å². The van der Waals surface area contributed by atoms with Gasteiger partial charge in [0.05, 0.1) is 0 Å². The Morgan fingerprint density at radius 2 is 0.586 bits per heavy atom. The molecule has 0 aromatic heterocycles. The zero-order chi connectivity index (χ0) is 22.5. The van der Waals surface area contributed by atoms with Crippen LogP contribution in [0.1, 0.15) is 25.7 Å². The third-order valence-corrected chi connectivity index (χ3v) is 15.2. The third-order valence-electron chi connectivity index (χ3n) is 3.15. The van der Waals surface area contributed by atoms with Gasteiger partial charge in [-0.05, 0) is 25.7 Å². The van der Waals surface area contributed by atoms with Crippen LogP contribution >= 0.6 is 0 Å². The Morgan fingerprint density at radius 3 is 0.621 bits per heavy atom. The van der Waals surface area contributed by atoms with Crippen LogP contribution < -0.4 is 9.30 Å². The first-order valence-electron chi connectivity index (χ1n) is 11.2. The van der Waals surface area contributed by atoms with Gasteiger partial charge in [-0.2, -0.15) is 0 Å². The van der Waals surface area contributed by atoms with Crippen LogP contribution in [0.4, 0.5) is 0 Å². The van der Waals surface area contributed by atoms with Crippen molar-refractivity contribution in [2.45, 2.75) is 104 Å².